The fraction of sp³-hybridized carbons (Fsp3) is 0.500. The third-order valence-corrected chi connectivity index (χ3v) is 9.54. The number of aliphatic hydroxyl groups excluding tert-OH is 2. The van der Waals surface area contributed by atoms with Gasteiger partial charge in [-0.15, -0.1) is 0 Å². The predicted octanol–water partition coefficient (Wildman–Crippen LogP) is 3.08. The van der Waals surface area contributed by atoms with E-state index in [0.717, 1.165) is 60.9 Å². The standard InChI is InChI=1S/C40H53N3O9/c1-48-21-22-50-23-24-52-40(47)41-35(26-29-7-3-2-4-8-29)36(44)28-32(39(46)42-38-34-10-6-5-9-31(34)27-37(38)45)25-30-11-13-33(14-12-30)51-20-17-43-15-18-49-19-16-43/h2-14,32,35-38,44-45H,15-28H2,1H3,(H,41,47)(H,42,46). The zero-order valence-electron chi connectivity index (χ0n) is 30.0. The van der Waals surface area contributed by atoms with Crippen LogP contribution in [0.3, 0.4) is 0 Å². The summed E-state index contributed by atoms with van der Waals surface area (Å²) in [5.41, 5.74) is 3.68. The highest BCUT2D eigenvalue weighted by Crippen LogP contribution is 2.32. The Morgan fingerprint density at radius 3 is 2.37 bits per heavy atom. The van der Waals surface area contributed by atoms with Gasteiger partial charge in [0.1, 0.15) is 19.0 Å². The molecule has 0 saturated carbocycles. The lowest BCUT2D eigenvalue weighted by atomic mass is 9.88. The number of amides is 2. The highest BCUT2D eigenvalue weighted by molar-refractivity contribution is 5.80. The lowest BCUT2D eigenvalue weighted by Gasteiger charge is -2.28. The van der Waals surface area contributed by atoms with Gasteiger partial charge in [-0.25, -0.2) is 4.79 Å². The van der Waals surface area contributed by atoms with Crippen LogP contribution in [0.5, 0.6) is 5.75 Å². The molecule has 1 saturated heterocycles. The minimum Gasteiger partial charge on any atom is -0.492 e. The number of rotatable bonds is 20. The Bertz CT molecular complexity index is 1500. The molecule has 0 aromatic heterocycles. The molecule has 5 atom stereocenters. The largest absolute Gasteiger partial charge is 0.492 e. The van der Waals surface area contributed by atoms with E-state index in [-0.39, 0.29) is 25.5 Å². The van der Waals surface area contributed by atoms with Crippen LogP contribution in [0.4, 0.5) is 4.79 Å². The number of hydrogen-bond donors (Lipinski definition) is 4. The number of nitrogens with zero attached hydrogens (tertiary/aromatic N) is 1. The van der Waals surface area contributed by atoms with E-state index >= 15 is 0 Å². The van der Waals surface area contributed by atoms with E-state index in [1.165, 1.54) is 0 Å². The lowest BCUT2D eigenvalue weighted by Crippen LogP contribution is -2.47. The summed E-state index contributed by atoms with van der Waals surface area (Å²) in [6.45, 7) is 5.70. The molecule has 52 heavy (non-hydrogen) atoms. The number of aliphatic hydroxyl groups is 2. The van der Waals surface area contributed by atoms with Gasteiger partial charge in [-0.2, -0.15) is 0 Å². The molecule has 5 unspecified atom stereocenters. The van der Waals surface area contributed by atoms with E-state index in [1.807, 2.05) is 78.9 Å². The molecule has 1 heterocycles. The normalized spacial score (nSPS) is 18.9. The molecular weight excluding hydrogens is 666 g/mol. The second-order valence-electron chi connectivity index (χ2n) is 13.3. The van der Waals surface area contributed by atoms with Crippen LogP contribution in [-0.4, -0.2) is 118 Å². The summed E-state index contributed by atoms with van der Waals surface area (Å²) in [7, 11) is 1.58. The summed E-state index contributed by atoms with van der Waals surface area (Å²) in [5, 5.41) is 28.6. The molecule has 2 amide bonds. The maximum atomic E-state index is 14.1. The minimum atomic E-state index is -1.11. The van der Waals surface area contributed by atoms with Gasteiger partial charge < -0.3 is 44.5 Å². The molecule has 1 aliphatic carbocycles. The second kappa shape index (κ2) is 20.9. The SMILES string of the molecule is COCCOCCOC(=O)NC(Cc1ccccc1)C(O)CC(Cc1ccc(OCCN2CCOCC2)cc1)C(=O)NC1c2ccccc2CC1O. The number of benzene rings is 3. The van der Waals surface area contributed by atoms with E-state index in [2.05, 4.69) is 15.5 Å². The minimum absolute atomic E-state index is 0.0346. The van der Waals surface area contributed by atoms with E-state index in [4.69, 9.17) is 23.7 Å². The summed E-state index contributed by atoms with van der Waals surface area (Å²) in [4.78, 5) is 29.3. The number of fused-ring (bicyclic) bond motifs is 1. The van der Waals surface area contributed by atoms with Crippen molar-refractivity contribution in [3.05, 3.63) is 101 Å². The van der Waals surface area contributed by atoms with Crippen molar-refractivity contribution in [1.82, 2.24) is 15.5 Å². The van der Waals surface area contributed by atoms with Crippen molar-refractivity contribution >= 4 is 12.0 Å². The molecule has 0 spiro atoms. The number of carbonyl (C=O) groups excluding carboxylic acids is 2. The quantitative estimate of drug-likeness (QED) is 0.129. The van der Waals surface area contributed by atoms with Gasteiger partial charge in [0.25, 0.3) is 0 Å². The number of nitrogens with one attached hydrogen (secondary N) is 2. The molecule has 12 nitrogen and oxygen atoms in total. The van der Waals surface area contributed by atoms with E-state index in [9.17, 15) is 19.8 Å². The Kier molecular flexibility index (Phi) is 15.7. The first-order valence-corrected chi connectivity index (χ1v) is 18.2. The molecule has 12 heteroatoms. The Balaban J connectivity index is 1.27. The van der Waals surface area contributed by atoms with Crippen molar-refractivity contribution in [3.8, 4) is 5.75 Å². The molecule has 0 radical (unpaired) electrons. The lowest BCUT2D eigenvalue weighted by molar-refractivity contribution is -0.127. The summed E-state index contributed by atoms with van der Waals surface area (Å²) in [5.74, 6) is -0.244. The average Bonchev–Trinajstić information content (AvgIpc) is 3.48. The summed E-state index contributed by atoms with van der Waals surface area (Å²) in [6, 6.07) is 23.6. The van der Waals surface area contributed by atoms with Crippen LogP contribution in [0.2, 0.25) is 0 Å². The molecule has 1 fully saturated rings. The molecule has 3 aromatic rings. The summed E-state index contributed by atoms with van der Waals surface area (Å²) < 4.78 is 27.1. The van der Waals surface area contributed by atoms with Gasteiger partial charge in [-0.3, -0.25) is 9.69 Å². The van der Waals surface area contributed by atoms with Crippen LogP contribution in [0.25, 0.3) is 0 Å². The molecule has 282 valence electrons. The van der Waals surface area contributed by atoms with Crippen molar-refractivity contribution in [3.63, 3.8) is 0 Å². The Morgan fingerprint density at radius 2 is 1.60 bits per heavy atom. The van der Waals surface area contributed by atoms with Crippen LogP contribution >= 0.6 is 0 Å². The van der Waals surface area contributed by atoms with Crippen molar-refractivity contribution in [2.45, 2.75) is 50.0 Å². The van der Waals surface area contributed by atoms with Crippen LogP contribution in [0.15, 0.2) is 78.9 Å². The van der Waals surface area contributed by atoms with Gasteiger partial charge in [0, 0.05) is 39.1 Å². The molecule has 0 bridgehead atoms. The third-order valence-electron chi connectivity index (χ3n) is 9.54. The maximum Gasteiger partial charge on any atom is 0.407 e. The van der Waals surface area contributed by atoms with Gasteiger partial charge in [0.05, 0.1) is 57.3 Å². The predicted molar refractivity (Wildman–Crippen MR) is 195 cm³/mol. The van der Waals surface area contributed by atoms with Crippen LogP contribution in [0.1, 0.15) is 34.7 Å². The molecular formula is C40H53N3O9. The first-order chi connectivity index (χ1) is 25.4. The van der Waals surface area contributed by atoms with Crippen molar-refractivity contribution < 1.29 is 43.5 Å². The number of morpholine rings is 1. The number of ether oxygens (including phenoxy) is 5. The highest BCUT2D eigenvalue weighted by Gasteiger charge is 2.35. The van der Waals surface area contributed by atoms with E-state index in [0.29, 0.717) is 39.1 Å². The Labute approximate surface area is 306 Å². The topological polar surface area (TPSA) is 148 Å². The van der Waals surface area contributed by atoms with Crippen LogP contribution in [-0.2, 0) is 43.0 Å². The fourth-order valence-corrected chi connectivity index (χ4v) is 6.66. The van der Waals surface area contributed by atoms with Gasteiger partial charge in [0.15, 0.2) is 0 Å². The van der Waals surface area contributed by atoms with Crippen LogP contribution < -0.4 is 15.4 Å². The van der Waals surface area contributed by atoms with Gasteiger partial charge in [0.2, 0.25) is 5.91 Å². The van der Waals surface area contributed by atoms with Crippen molar-refractivity contribution in [2.75, 3.05) is 73.0 Å². The first-order valence-electron chi connectivity index (χ1n) is 18.2. The molecule has 5 rings (SSSR count). The fourth-order valence-electron chi connectivity index (χ4n) is 6.66. The Hall–Kier alpha value is -4.04. The summed E-state index contributed by atoms with van der Waals surface area (Å²) in [6.07, 6.45) is -1.42. The number of alkyl carbamates (subject to hydrolysis) is 1. The van der Waals surface area contributed by atoms with Gasteiger partial charge in [-0.1, -0.05) is 66.7 Å². The van der Waals surface area contributed by atoms with Gasteiger partial charge >= 0.3 is 6.09 Å². The van der Waals surface area contributed by atoms with Gasteiger partial charge in [-0.05, 0) is 53.6 Å². The molecule has 3 aromatic carbocycles. The zero-order chi connectivity index (χ0) is 36.5. The maximum absolute atomic E-state index is 14.1. The molecule has 2 aliphatic rings. The Morgan fingerprint density at radius 1 is 0.885 bits per heavy atom. The average molecular weight is 720 g/mol. The third kappa shape index (κ3) is 12.3. The summed E-state index contributed by atoms with van der Waals surface area (Å²) >= 11 is 0. The number of methoxy groups -OCH3 is 1. The van der Waals surface area contributed by atoms with E-state index < -0.39 is 36.3 Å². The molecule has 4 N–H and O–H groups in total. The van der Waals surface area contributed by atoms with Crippen molar-refractivity contribution in [2.24, 2.45) is 5.92 Å². The van der Waals surface area contributed by atoms with Crippen molar-refractivity contribution in [1.29, 1.82) is 0 Å². The number of hydrogen-bond acceptors (Lipinski definition) is 10. The second-order valence-corrected chi connectivity index (χ2v) is 13.3. The smallest absolute Gasteiger partial charge is 0.407 e. The molecule has 1 aliphatic heterocycles. The highest BCUT2D eigenvalue weighted by atomic mass is 16.6. The van der Waals surface area contributed by atoms with E-state index in [1.54, 1.807) is 7.11 Å². The number of carbonyl (C=O) groups is 2. The first kappa shape index (κ1) is 39.2. The zero-order valence-corrected chi connectivity index (χ0v) is 30.0. The monoisotopic (exact) mass is 719 g/mol. The van der Waals surface area contributed by atoms with Crippen LogP contribution in [0, 0.1) is 5.92 Å².